The lowest BCUT2D eigenvalue weighted by molar-refractivity contribution is 0.412. The van der Waals surface area contributed by atoms with Crippen LogP contribution in [0.3, 0.4) is 0 Å². The number of benzene rings is 2. The van der Waals surface area contributed by atoms with E-state index in [0.29, 0.717) is 6.54 Å². The molecular weight excluding hydrogens is 396 g/mol. The van der Waals surface area contributed by atoms with Crippen molar-refractivity contribution in [2.75, 3.05) is 6.54 Å². The molecule has 0 bridgehead atoms. The maximum absolute atomic E-state index is 13.0. The third-order valence-corrected chi connectivity index (χ3v) is 6.15. The third-order valence-electron chi connectivity index (χ3n) is 5.86. The number of H-pyrrole nitrogens is 2. The van der Waals surface area contributed by atoms with Gasteiger partial charge in [-0.25, -0.2) is 0 Å². The maximum Gasteiger partial charge on any atom is 0.260 e. The molecule has 0 radical (unpaired) electrons. The van der Waals surface area contributed by atoms with Crippen molar-refractivity contribution >= 4 is 23.1 Å². The number of nitrogens with zero attached hydrogens (tertiary/aromatic N) is 1. The van der Waals surface area contributed by atoms with Crippen molar-refractivity contribution < 1.29 is 5.11 Å². The topological polar surface area (TPSA) is 85.8 Å². The smallest absolute Gasteiger partial charge is 0.260 e. The van der Waals surface area contributed by atoms with Gasteiger partial charge in [-0.05, 0) is 55.7 Å². The van der Waals surface area contributed by atoms with E-state index in [-0.39, 0.29) is 21.8 Å². The van der Waals surface area contributed by atoms with Gasteiger partial charge in [-0.1, -0.05) is 35.9 Å². The van der Waals surface area contributed by atoms with Crippen molar-refractivity contribution in [1.82, 2.24) is 19.9 Å². The number of rotatable bonds is 2. The summed E-state index contributed by atoms with van der Waals surface area (Å²) in [6, 6.07) is 13.5. The molecule has 0 amide bonds. The maximum atomic E-state index is 13.0. The van der Waals surface area contributed by atoms with E-state index >= 15 is 0 Å². The van der Waals surface area contributed by atoms with E-state index in [9.17, 15) is 9.90 Å². The van der Waals surface area contributed by atoms with Crippen molar-refractivity contribution in [3.8, 4) is 11.6 Å². The number of hydrogen-bond acceptors (Lipinski definition) is 4. The molecule has 0 unspecified atom stereocenters. The van der Waals surface area contributed by atoms with Crippen LogP contribution in [0, 0.1) is 18.6 Å². The van der Waals surface area contributed by atoms with Gasteiger partial charge in [0.15, 0.2) is 4.77 Å². The lowest BCUT2D eigenvalue weighted by Gasteiger charge is -2.26. The molecular formula is C23H22N4O2S. The van der Waals surface area contributed by atoms with Crippen LogP contribution in [0.15, 0.2) is 47.3 Å². The molecule has 4 N–H and O–H groups in total. The highest BCUT2D eigenvalue weighted by molar-refractivity contribution is 7.71. The van der Waals surface area contributed by atoms with Gasteiger partial charge < -0.3 is 15.4 Å². The molecule has 0 saturated carbocycles. The minimum absolute atomic E-state index is 0.139. The van der Waals surface area contributed by atoms with Crippen LogP contribution < -0.4 is 10.9 Å². The van der Waals surface area contributed by atoms with E-state index in [1.54, 1.807) is 4.57 Å². The average molecular weight is 419 g/mol. The highest BCUT2D eigenvalue weighted by atomic mass is 32.1. The zero-order chi connectivity index (χ0) is 21.0. The van der Waals surface area contributed by atoms with Crippen LogP contribution in [0.1, 0.15) is 34.0 Å². The fourth-order valence-electron chi connectivity index (χ4n) is 4.51. The molecule has 30 heavy (non-hydrogen) atoms. The fraction of sp³-hybridized carbons (Fsp3) is 0.217. The zero-order valence-corrected chi connectivity index (χ0v) is 17.6. The minimum atomic E-state index is -0.461. The van der Waals surface area contributed by atoms with Crippen molar-refractivity contribution in [2.45, 2.75) is 26.3 Å². The van der Waals surface area contributed by atoms with Crippen LogP contribution in [0.2, 0.25) is 0 Å². The summed E-state index contributed by atoms with van der Waals surface area (Å²) in [4.78, 5) is 19.2. The van der Waals surface area contributed by atoms with Crippen molar-refractivity contribution in [1.29, 1.82) is 0 Å². The number of aromatic amines is 2. The molecule has 3 heterocycles. The summed E-state index contributed by atoms with van der Waals surface area (Å²) in [6.45, 7) is 4.68. The Labute approximate surface area is 178 Å². The Bertz CT molecular complexity index is 1410. The summed E-state index contributed by atoms with van der Waals surface area (Å²) >= 11 is 5.41. The standard InChI is InChI=1S/C23H22N4O2S/c1-12-7-8-17(13(2)11-12)27-22(29)18(21(28)26-23(27)30)20-19-15(9-10-24-20)14-5-3-4-6-16(14)25-19/h3-8,11,20,24-25,29H,9-10H2,1-2H3,(H,26,28,30)/t20-/m1/s1. The number of fused-ring (bicyclic) bond motifs is 3. The Morgan fingerprint density at radius 1 is 1.13 bits per heavy atom. The van der Waals surface area contributed by atoms with Crippen LogP contribution in [0.5, 0.6) is 5.88 Å². The normalized spacial score (nSPS) is 16.0. The van der Waals surface area contributed by atoms with E-state index in [1.165, 1.54) is 5.56 Å². The first-order chi connectivity index (χ1) is 14.5. The van der Waals surface area contributed by atoms with Crippen molar-refractivity contribution in [2.24, 2.45) is 0 Å². The molecule has 2 aromatic heterocycles. The third kappa shape index (κ3) is 2.81. The number of aromatic hydroxyl groups is 1. The van der Waals surface area contributed by atoms with Crippen LogP contribution >= 0.6 is 12.2 Å². The Morgan fingerprint density at radius 2 is 1.93 bits per heavy atom. The van der Waals surface area contributed by atoms with Gasteiger partial charge in [0.05, 0.1) is 11.7 Å². The monoisotopic (exact) mass is 418 g/mol. The van der Waals surface area contributed by atoms with Gasteiger partial charge in [-0.3, -0.25) is 14.3 Å². The molecule has 1 aliphatic heterocycles. The van der Waals surface area contributed by atoms with Gasteiger partial charge in [0, 0.05) is 23.1 Å². The minimum Gasteiger partial charge on any atom is -0.494 e. The molecule has 1 atom stereocenters. The summed E-state index contributed by atoms with van der Waals surface area (Å²) < 4.78 is 1.71. The highest BCUT2D eigenvalue weighted by Gasteiger charge is 2.31. The summed E-state index contributed by atoms with van der Waals surface area (Å²) in [5, 5.41) is 15.8. The molecule has 7 heteroatoms. The number of aryl methyl sites for hydroxylation is 2. The Morgan fingerprint density at radius 3 is 2.73 bits per heavy atom. The molecule has 0 saturated heterocycles. The fourth-order valence-corrected chi connectivity index (χ4v) is 4.78. The van der Waals surface area contributed by atoms with E-state index in [0.717, 1.165) is 39.8 Å². The average Bonchev–Trinajstić information content (AvgIpc) is 3.09. The van der Waals surface area contributed by atoms with Crippen LogP contribution in [0.4, 0.5) is 0 Å². The molecule has 0 aliphatic carbocycles. The quantitative estimate of drug-likeness (QED) is 0.372. The van der Waals surface area contributed by atoms with Crippen molar-refractivity contribution in [3.63, 3.8) is 0 Å². The van der Waals surface area contributed by atoms with Gasteiger partial charge in [-0.2, -0.15) is 0 Å². The SMILES string of the molecule is Cc1ccc(-n2c(O)c([C@H]3NCCc4c3[nH]c3ccccc43)c(=O)[nH]c2=S)c(C)c1. The molecule has 2 aromatic carbocycles. The van der Waals surface area contributed by atoms with E-state index < -0.39 is 6.04 Å². The Balaban J connectivity index is 1.76. The number of nitrogens with one attached hydrogen (secondary N) is 3. The second-order valence-electron chi connectivity index (χ2n) is 7.82. The van der Waals surface area contributed by atoms with Crippen molar-refractivity contribution in [3.05, 3.63) is 85.5 Å². The number of aromatic nitrogens is 3. The van der Waals surface area contributed by atoms with Gasteiger partial charge in [0.2, 0.25) is 5.88 Å². The van der Waals surface area contributed by atoms with Crippen LogP contribution in [0.25, 0.3) is 16.6 Å². The number of para-hydroxylation sites is 1. The predicted molar refractivity (Wildman–Crippen MR) is 120 cm³/mol. The molecule has 152 valence electrons. The van der Waals surface area contributed by atoms with E-state index in [1.807, 2.05) is 50.2 Å². The summed E-state index contributed by atoms with van der Waals surface area (Å²) in [7, 11) is 0. The van der Waals surface area contributed by atoms with Gasteiger partial charge in [-0.15, -0.1) is 0 Å². The van der Waals surface area contributed by atoms with Gasteiger partial charge >= 0.3 is 0 Å². The largest absolute Gasteiger partial charge is 0.494 e. The molecule has 0 spiro atoms. The Kier molecular flexibility index (Phi) is 4.38. The lowest BCUT2D eigenvalue weighted by Crippen LogP contribution is -2.35. The second kappa shape index (κ2) is 6.97. The van der Waals surface area contributed by atoms with Gasteiger partial charge in [0.1, 0.15) is 5.56 Å². The van der Waals surface area contributed by atoms with Crippen LogP contribution in [-0.4, -0.2) is 26.2 Å². The molecule has 6 nitrogen and oxygen atoms in total. The highest BCUT2D eigenvalue weighted by Crippen LogP contribution is 2.36. The molecule has 5 rings (SSSR count). The summed E-state index contributed by atoms with van der Waals surface area (Å²) in [5.74, 6) is -0.139. The first-order valence-electron chi connectivity index (χ1n) is 9.94. The van der Waals surface area contributed by atoms with E-state index in [4.69, 9.17) is 12.2 Å². The molecule has 0 fully saturated rings. The molecule has 1 aliphatic rings. The lowest BCUT2D eigenvalue weighted by atomic mass is 9.95. The number of hydrogen-bond donors (Lipinski definition) is 4. The predicted octanol–water partition coefficient (Wildman–Crippen LogP) is 3.93. The first-order valence-corrected chi connectivity index (χ1v) is 10.3. The second-order valence-corrected chi connectivity index (χ2v) is 8.21. The summed E-state index contributed by atoms with van der Waals surface area (Å²) in [5.41, 5.74) is 5.80. The van der Waals surface area contributed by atoms with Crippen LogP contribution in [-0.2, 0) is 6.42 Å². The Hall–Kier alpha value is -3.16. The van der Waals surface area contributed by atoms with Gasteiger partial charge in [0.25, 0.3) is 5.56 Å². The summed E-state index contributed by atoms with van der Waals surface area (Å²) in [6.07, 6.45) is 0.852. The zero-order valence-electron chi connectivity index (χ0n) is 16.7. The first kappa shape index (κ1) is 18.8. The molecule has 4 aromatic rings. The van der Waals surface area contributed by atoms with E-state index in [2.05, 4.69) is 21.4 Å².